The molecular weight excluding hydrogens is 247 g/mol. The zero-order valence-corrected chi connectivity index (χ0v) is 11.1. The second-order valence-corrected chi connectivity index (χ2v) is 4.79. The monoisotopic (exact) mass is 266 g/mol. The third kappa shape index (κ3) is 3.44. The first-order valence-electron chi connectivity index (χ1n) is 6.55. The number of hydrogen-bond acceptors (Lipinski definition) is 3. The number of benzene rings is 1. The van der Waals surface area contributed by atoms with Crippen molar-refractivity contribution in [1.29, 1.82) is 0 Å². The Morgan fingerprint density at radius 1 is 1.42 bits per heavy atom. The largest absolute Gasteiger partial charge is 0.481 e. The van der Waals surface area contributed by atoms with E-state index in [9.17, 15) is 9.18 Å². The van der Waals surface area contributed by atoms with Gasteiger partial charge in [0, 0.05) is 25.7 Å². The zero-order valence-electron chi connectivity index (χ0n) is 11.1. The van der Waals surface area contributed by atoms with E-state index in [0.29, 0.717) is 11.3 Å². The van der Waals surface area contributed by atoms with Crippen LogP contribution in [0.4, 0.5) is 4.39 Å². The Morgan fingerprint density at radius 3 is 2.74 bits per heavy atom. The number of nitrogens with zero attached hydrogens (tertiary/aromatic N) is 1. The Hall–Kier alpha value is -1.62. The predicted octanol–water partition coefficient (Wildman–Crippen LogP) is 1.67. The summed E-state index contributed by atoms with van der Waals surface area (Å²) in [6.07, 6.45) is 1.47. The van der Waals surface area contributed by atoms with Crippen molar-refractivity contribution in [1.82, 2.24) is 4.90 Å². The normalized spacial score (nSPS) is 16.5. The molecule has 4 nitrogen and oxygen atoms in total. The van der Waals surface area contributed by atoms with Crippen LogP contribution in [0.25, 0.3) is 0 Å². The number of rotatable bonds is 4. The minimum absolute atomic E-state index is 0.0453. The number of amides is 1. The van der Waals surface area contributed by atoms with E-state index in [1.165, 1.54) is 12.1 Å². The maximum absolute atomic E-state index is 13.3. The summed E-state index contributed by atoms with van der Waals surface area (Å²) < 4.78 is 18.9. The summed E-state index contributed by atoms with van der Waals surface area (Å²) in [5.41, 5.74) is 6.13. The number of likely N-dealkylation sites (tertiary alicyclic amines) is 1. The van der Waals surface area contributed by atoms with Crippen LogP contribution >= 0.6 is 0 Å². The van der Waals surface area contributed by atoms with Gasteiger partial charge in [0.05, 0.1) is 0 Å². The molecule has 1 saturated heterocycles. The molecule has 0 radical (unpaired) electrons. The molecule has 1 amide bonds. The molecule has 5 heteroatoms. The zero-order chi connectivity index (χ0) is 13.8. The van der Waals surface area contributed by atoms with Gasteiger partial charge in [0.25, 0.3) is 5.91 Å². The first-order valence-corrected chi connectivity index (χ1v) is 6.55. The van der Waals surface area contributed by atoms with Gasteiger partial charge in [-0.2, -0.15) is 0 Å². The number of carbonyl (C=O) groups excluding carboxylic acids is 1. The van der Waals surface area contributed by atoms with Gasteiger partial charge < -0.3 is 15.4 Å². The van der Waals surface area contributed by atoms with Crippen LogP contribution in [0.15, 0.2) is 18.2 Å². The lowest BCUT2D eigenvalue weighted by Crippen LogP contribution is -2.38. The van der Waals surface area contributed by atoms with Crippen molar-refractivity contribution in [3.8, 4) is 5.75 Å². The van der Waals surface area contributed by atoms with Gasteiger partial charge in [0.15, 0.2) is 6.10 Å². The van der Waals surface area contributed by atoms with Gasteiger partial charge in [0.2, 0.25) is 0 Å². The van der Waals surface area contributed by atoms with Gasteiger partial charge in [0.1, 0.15) is 11.6 Å². The second kappa shape index (κ2) is 6.02. The molecule has 0 spiro atoms. The van der Waals surface area contributed by atoms with Crippen LogP contribution < -0.4 is 10.5 Å². The fourth-order valence-corrected chi connectivity index (χ4v) is 2.26. The van der Waals surface area contributed by atoms with E-state index in [1.807, 2.05) is 0 Å². The van der Waals surface area contributed by atoms with Crippen molar-refractivity contribution in [3.05, 3.63) is 29.6 Å². The second-order valence-electron chi connectivity index (χ2n) is 4.79. The molecule has 0 saturated carbocycles. The third-order valence-corrected chi connectivity index (χ3v) is 3.25. The van der Waals surface area contributed by atoms with E-state index < -0.39 is 11.9 Å². The molecular formula is C14H19FN2O2. The first kappa shape index (κ1) is 13.8. The molecule has 1 unspecified atom stereocenters. The van der Waals surface area contributed by atoms with E-state index >= 15 is 0 Å². The highest BCUT2D eigenvalue weighted by Gasteiger charge is 2.24. The molecule has 0 aromatic heterocycles. The lowest BCUT2D eigenvalue weighted by molar-refractivity contribution is -0.136. The summed E-state index contributed by atoms with van der Waals surface area (Å²) in [6.45, 7) is 3.49. The molecule has 1 atom stereocenters. The molecule has 1 aliphatic heterocycles. The maximum atomic E-state index is 13.3. The average Bonchev–Trinajstić information content (AvgIpc) is 2.90. The molecule has 19 heavy (non-hydrogen) atoms. The van der Waals surface area contributed by atoms with Crippen LogP contribution in [-0.4, -0.2) is 30.0 Å². The quantitative estimate of drug-likeness (QED) is 0.902. The summed E-state index contributed by atoms with van der Waals surface area (Å²) in [6, 6.07) is 4.30. The Labute approximate surface area is 112 Å². The van der Waals surface area contributed by atoms with Crippen molar-refractivity contribution >= 4 is 5.91 Å². The SMILES string of the molecule is CC(Oc1cc(F)cc(CN)c1)C(=O)N1CCCC1. The highest BCUT2D eigenvalue weighted by molar-refractivity contribution is 5.81. The number of hydrogen-bond donors (Lipinski definition) is 1. The van der Waals surface area contributed by atoms with Crippen LogP contribution in [0.1, 0.15) is 25.3 Å². The summed E-state index contributed by atoms with van der Waals surface area (Å²) in [7, 11) is 0. The van der Waals surface area contributed by atoms with Crippen molar-refractivity contribution in [3.63, 3.8) is 0 Å². The van der Waals surface area contributed by atoms with Crippen LogP contribution in [-0.2, 0) is 11.3 Å². The van der Waals surface area contributed by atoms with Gasteiger partial charge in [-0.25, -0.2) is 4.39 Å². The Kier molecular flexibility index (Phi) is 4.37. The highest BCUT2D eigenvalue weighted by Crippen LogP contribution is 2.19. The van der Waals surface area contributed by atoms with E-state index in [-0.39, 0.29) is 12.5 Å². The Morgan fingerprint density at radius 2 is 2.11 bits per heavy atom. The van der Waals surface area contributed by atoms with E-state index in [0.717, 1.165) is 25.9 Å². The van der Waals surface area contributed by atoms with E-state index in [2.05, 4.69) is 0 Å². The number of ether oxygens (including phenoxy) is 1. The number of nitrogens with two attached hydrogens (primary N) is 1. The van der Waals surface area contributed by atoms with Gasteiger partial charge in [-0.3, -0.25) is 4.79 Å². The molecule has 1 fully saturated rings. The van der Waals surface area contributed by atoms with Crippen LogP contribution in [0.5, 0.6) is 5.75 Å². The number of halogens is 1. The molecule has 1 aliphatic rings. The molecule has 2 N–H and O–H groups in total. The standard InChI is InChI=1S/C14H19FN2O2/c1-10(14(18)17-4-2-3-5-17)19-13-7-11(9-16)6-12(15)8-13/h6-8,10H,2-5,9,16H2,1H3. The fraction of sp³-hybridized carbons (Fsp3) is 0.500. The van der Waals surface area contributed by atoms with Gasteiger partial charge in [-0.1, -0.05) is 0 Å². The molecule has 104 valence electrons. The number of carbonyl (C=O) groups is 1. The van der Waals surface area contributed by atoms with Crippen LogP contribution in [0.2, 0.25) is 0 Å². The molecule has 1 aromatic carbocycles. The summed E-state index contributed by atoms with van der Waals surface area (Å²) in [4.78, 5) is 13.9. The van der Waals surface area contributed by atoms with Crippen molar-refractivity contribution in [2.24, 2.45) is 5.73 Å². The minimum atomic E-state index is -0.606. The third-order valence-electron chi connectivity index (χ3n) is 3.25. The van der Waals surface area contributed by atoms with E-state index in [4.69, 9.17) is 10.5 Å². The topological polar surface area (TPSA) is 55.6 Å². The van der Waals surface area contributed by atoms with Crippen molar-refractivity contribution in [2.45, 2.75) is 32.4 Å². The van der Waals surface area contributed by atoms with Crippen molar-refractivity contribution < 1.29 is 13.9 Å². The molecule has 0 bridgehead atoms. The first-order chi connectivity index (χ1) is 9.10. The fourth-order valence-electron chi connectivity index (χ4n) is 2.26. The lowest BCUT2D eigenvalue weighted by atomic mass is 10.2. The Bertz CT molecular complexity index is 459. The van der Waals surface area contributed by atoms with E-state index in [1.54, 1.807) is 17.9 Å². The predicted molar refractivity (Wildman–Crippen MR) is 70.2 cm³/mol. The smallest absolute Gasteiger partial charge is 0.263 e. The molecule has 0 aliphatic carbocycles. The summed E-state index contributed by atoms with van der Waals surface area (Å²) in [5, 5.41) is 0. The molecule has 2 rings (SSSR count). The summed E-state index contributed by atoms with van der Waals surface area (Å²) >= 11 is 0. The van der Waals surface area contributed by atoms with Crippen LogP contribution in [0.3, 0.4) is 0 Å². The summed E-state index contributed by atoms with van der Waals surface area (Å²) in [5.74, 6) is -0.102. The van der Waals surface area contributed by atoms with Gasteiger partial charge in [-0.15, -0.1) is 0 Å². The maximum Gasteiger partial charge on any atom is 0.263 e. The minimum Gasteiger partial charge on any atom is -0.481 e. The highest BCUT2D eigenvalue weighted by atomic mass is 19.1. The molecule has 1 heterocycles. The van der Waals surface area contributed by atoms with Crippen LogP contribution in [0, 0.1) is 5.82 Å². The van der Waals surface area contributed by atoms with Crippen molar-refractivity contribution in [2.75, 3.05) is 13.1 Å². The average molecular weight is 266 g/mol. The Balaban J connectivity index is 2.03. The molecule has 1 aromatic rings. The van der Waals surface area contributed by atoms with Gasteiger partial charge in [-0.05, 0) is 37.5 Å². The van der Waals surface area contributed by atoms with Gasteiger partial charge >= 0.3 is 0 Å². The lowest BCUT2D eigenvalue weighted by Gasteiger charge is -2.21.